The summed E-state index contributed by atoms with van der Waals surface area (Å²) in [5.41, 5.74) is -0.295. The largest absolute Gasteiger partial charge is 0.469 e. The van der Waals surface area contributed by atoms with Crippen LogP contribution in [0.3, 0.4) is 0 Å². The molecule has 0 aliphatic rings. The van der Waals surface area contributed by atoms with Gasteiger partial charge in [-0.1, -0.05) is 6.92 Å². The molecule has 5 nitrogen and oxygen atoms in total. The zero-order chi connectivity index (χ0) is 13.7. The highest BCUT2D eigenvalue weighted by molar-refractivity contribution is 8.00. The van der Waals surface area contributed by atoms with Gasteiger partial charge in [-0.2, -0.15) is 0 Å². The van der Waals surface area contributed by atoms with E-state index in [0.717, 1.165) is 23.9 Å². The van der Waals surface area contributed by atoms with Gasteiger partial charge in [0.25, 0.3) is 5.69 Å². The van der Waals surface area contributed by atoms with Gasteiger partial charge in [0.1, 0.15) is 5.82 Å². The first-order valence-electron chi connectivity index (χ1n) is 5.11. The second kappa shape index (κ2) is 6.34. The van der Waals surface area contributed by atoms with E-state index in [9.17, 15) is 19.3 Å². The molecule has 0 saturated carbocycles. The summed E-state index contributed by atoms with van der Waals surface area (Å²) in [4.78, 5) is 21.5. The van der Waals surface area contributed by atoms with Gasteiger partial charge in [0.15, 0.2) is 0 Å². The molecule has 0 aromatic heterocycles. The molecule has 0 radical (unpaired) electrons. The lowest BCUT2D eigenvalue weighted by Gasteiger charge is -2.09. The minimum atomic E-state index is -0.660. The van der Waals surface area contributed by atoms with Crippen LogP contribution in [0.2, 0.25) is 0 Å². The van der Waals surface area contributed by atoms with Crippen LogP contribution in [0.4, 0.5) is 10.1 Å². The predicted octanol–water partition coefficient (Wildman–Crippen LogP) is 2.78. The second-order valence-corrected chi connectivity index (χ2v) is 5.06. The number of carbonyl (C=O) groups excluding carboxylic acids is 1. The van der Waals surface area contributed by atoms with Crippen LogP contribution in [0.25, 0.3) is 0 Å². The second-order valence-electron chi connectivity index (χ2n) is 3.58. The molecule has 7 heteroatoms. The molecule has 0 N–H and O–H groups in total. The summed E-state index contributed by atoms with van der Waals surface area (Å²) >= 11 is 1.14. The van der Waals surface area contributed by atoms with E-state index in [1.165, 1.54) is 13.2 Å². The van der Waals surface area contributed by atoms with Crippen molar-refractivity contribution in [1.29, 1.82) is 0 Å². The average Bonchev–Trinajstić information content (AvgIpc) is 2.30. The highest BCUT2D eigenvalue weighted by atomic mass is 32.2. The van der Waals surface area contributed by atoms with Gasteiger partial charge in [0.05, 0.1) is 29.4 Å². The van der Waals surface area contributed by atoms with Crippen molar-refractivity contribution in [2.45, 2.75) is 23.5 Å². The van der Waals surface area contributed by atoms with Crippen LogP contribution in [-0.2, 0) is 9.53 Å². The summed E-state index contributed by atoms with van der Waals surface area (Å²) < 4.78 is 17.4. The van der Waals surface area contributed by atoms with E-state index >= 15 is 0 Å². The Bertz CT molecular complexity index is 466. The molecule has 0 fully saturated rings. The first-order valence-corrected chi connectivity index (χ1v) is 5.99. The molecule has 98 valence electrons. The topological polar surface area (TPSA) is 69.4 Å². The number of methoxy groups -OCH3 is 1. The molecule has 0 saturated heterocycles. The number of carbonyl (C=O) groups is 1. The number of esters is 1. The molecule has 1 rings (SSSR count). The number of nitro benzene ring substituents is 1. The number of hydrogen-bond acceptors (Lipinski definition) is 5. The number of nitrogens with zero attached hydrogens (tertiary/aromatic N) is 1. The number of halogens is 1. The summed E-state index contributed by atoms with van der Waals surface area (Å²) in [6.45, 7) is 1.74. The normalized spacial score (nSPS) is 11.9. The van der Waals surface area contributed by atoms with Crippen molar-refractivity contribution < 1.29 is 18.8 Å². The summed E-state index contributed by atoms with van der Waals surface area (Å²) in [7, 11) is 1.28. The van der Waals surface area contributed by atoms with Crippen molar-refractivity contribution in [2.24, 2.45) is 0 Å². The molecule has 1 aromatic carbocycles. The Kier molecular flexibility index (Phi) is 5.08. The lowest BCUT2D eigenvalue weighted by molar-refractivity contribution is -0.387. The van der Waals surface area contributed by atoms with Crippen molar-refractivity contribution in [3.8, 4) is 0 Å². The highest BCUT2D eigenvalue weighted by Gasteiger charge is 2.19. The fraction of sp³-hybridized carbons (Fsp3) is 0.364. The van der Waals surface area contributed by atoms with E-state index in [1.807, 2.05) is 0 Å². The van der Waals surface area contributed by atoms with Crippen molar-refractivity contribution in [1.82, 2.24) is 0 Å². The lowest BCUT2D eigenvalue weighted by Crippen LogP contribution is -2.08. The van der Waals surface area contributed by atoms with Gasteiger partial charge in [-0.15, -0.1) is 11.8 Å². The molecule has 1 atom stereocenters. The minimum absolute atomic E-state index is 0.135. The molecule has 18 heavy (non-hydrogen) atoms. The maximum absolute atomic E-state index is 12.9. The van der Waals surface area contributed by atoms with Crippen LogP contribution in [0.15, 0.2) is 23.1 Å². The Morgan fingerprint density at radius 1 is 1.61 bits per heavy atom. The first-order chi connectivity index (χ1) is 8.43. The smallest absolute Gasteiger partial charge is 0.306 e. The third-order valence-corrected chi connectivity index (χ3v) is 3.30. The van der Waals surface area contributed by atoms with E-state index < -0.39 is 10.7 Å². The number of thioether (sulfide) groups is 1. The molecule has 0 spiro atoms. The van der Waals surface area contributed by atoms with Crippen molar-refractivity contribution in [2.75, 3.05) is 7.11 Å². The minimum Gasteiger partial charge on any atom is -0.469 e. The Morgan fingerprint density at radius 2 is 2.28 bits per heavy atom. The summed E-state index contributed by atoms with van der Waals surface area (Å²) in [6, 6.07) is 3.36. The SMILES string of the molecule is COC(=O)CC(C)Sc1ccc(F)cc1[N+](=O)[O-]. The Labute approximate surface area is 107 Å². The molecular formula is C11H12FNO4S. The molecule has 0 bridgehead atoms. The van der Waals surface area contributed by atoms with E-state index in [4.69, 9.17) is 0 Å². The van der Waals surface area contributed by atoms with E-state index in [-0.39, 0.29) is 23.3 Å². The number of nitro groups is 1. The van der Waals surface area contributed by atoms with E-state index in [1.54, 1.807) is 6.92 Å². The van der Waals surface area contributed by atoms with Crippen LogP contribution in [0.1, 0.15) is 13.3 Å². The number of ether oxygens (including phenoxy) is 1. The summed E-state index contributed by atoms with van der Waals surface area (Å²) in [5.74, 6) is -1.05. The van der Waals surface area contributed by atoms with Crippen molar-refractivity contribution in [3.63, 3.8) is 0 Å². The molecule has 1 aromatic rings. The Morgan fingerprint density at radius 3 is 2.83 bits per heavy atom. The molecule has 0 aliphatic carbocycles. The van der Waals surface area contributed by atoms with Crippen LogP contribution < -0.4 is 0 Å². The third kappa shape index (κ3) is 3.99. The van der Waals surface area contributed by atoms with E-state index in [2.05, 4.69) is 4.74 Å². The first kappa shape index (κ1) is 14.4. The quantitative estimate of drug-likeness (QED) is 0.357. The standard InChI is InChI=1S/C11H12FNO4S/c1-7(5-11(14)17-2)18-10-4-3-8(12)6-9(10)13(15)16/h3-4,6-7H,5H2,1-2H3. The molecular weight excluding hydrogens is 261 g/mol. The zero-order valence-corrected chi connectivity index (χ0v) is 10.7. The van der Waals surface area contributed by atoms with Gasteiger partial charge in [0, 0.05) is 5.25 Å². The Balaban J connectivity index is 2.84. The monoisotopic (exact) mass is 273 g/mol. The van der Waals surface area contributed by atoms with E-state index in [0.29, 0.717) is 4.90 Å². The fourth-order valence-electron chi connectivity index (χ4n) is 1.31. The summed E-state index contributed by atoms with van der Waals surface area (Å²) in [5, 5.41) is 10.6. The van der Waals surface area contributed by atoms with Crippen molar-refractivity contribution in [3.05, 3.63) is 34.1 Å². The number of hydrogen-bond donors (Lipinski definition) is 0. The van der Waals surface area contributed by atoms with Gasteiger partial charge in [0.2, 0.25) is 0 Å². The van der Waals surface area contributed by atoms with Gasteiger partial charge in [-0.25, -0.2) is 4.39 Å². The van der Waals surface area contributed by atoms with Crippen LogP contribution >= 0.6 is 11.8 Å². The molecule has 0 heterocycles. The van der Waals surface area contributed by atoms with Crippen LogP contribution in [0.5, 0.6) is 0 Å². The third-order valence-electron chi connectivity index (χ3n) is 2.13. The average molecular weight is 273 g/mol. The van der Waals surface area contributed by atoms with Gasteiger partial charge >= 0.3 is 5.97 Å². The molecule has 1 unspecified atom stereocenters. The van der Waals surface area contributed by atoms with Gasteiger partial charge < -0.3 is 4.74 Å². The highest BCUT2D eigenvalue weighted by Crippen LogP contribution is 2.33. The fourth-order valence-corrected chi connectivity index (χ4v) is 2.36. The predicted molar refractivity (Wildman–Crippen MR) is 65.0 cm³/mol. The molecule has 0 aliphatic heterocycles. The van der Waals surface area contributed by atoms with Gasteiger partial charge in [-0.05, 0) is 12.1 Å². The number of benzene rings is 1. The van der Waals surface area contributed by atoms with Crippen molar-refractivity contribution >= 4 is 23.4 Å². The Hall–Kier alpha value is -1.63. The summed E-state index contributed by atoms with van der Waals surface area (Å²) in [6.07, 6.45) is 0.135. The zero-order valence-electron chi connectivity index (χ0n) is 9.88. The lowest BCUT2D eigenvalue weighted by atomic mass is 10.3. The maximum atomic E-state index is 12.9. The maximum Gasteiger partial charge on any atom is 0.306 e. The number of rotatable bonds is 5. The molecule has 0 amide bonds. The van der Waals surface area contributed by atoms with Gasteiger partial charge in [-0.3, -0.25) is 14.9 Å². The van der Waals surface area contributed by atoms with Crippen LogP contribution in [0, 0.1) is 15.9 Å². The van der Waals surface area contributed by atoms with Crippen LogP contribution in [-0.4, -0.2) is 23.3 Å².